The van der Waals surface area contributed by atoms with Gasteiger partial charge in [-0.3, -0.25) is 0 Å². The van der Waals surface area contributed by atoms with Crippen LogP contribution >= 0.6 is 0 Å². The van der Waals surface area contributed by atoms with Crippen LogP contribution in [-0.2, 0) is 0 Å². The van der Waals surface area contributed by atoms with Crippen molar-refractivity contribution in [3.05, 3.63) is 0 Å². The second-order valence-electron chi connectivity index (χ2n) is 0. The second kappa shape index (κ2) is 22.6. The summed E-state index contributed by atoms with van der Waals surface area (Å²) in [5, 5.41) is 0. The van der Waals surface area contributed by atoms with Crippen molar-refractivity contribution < 1.29 is 0 Å². The SMILES string of the molecule is [BaH2].[BaH2].[BaH2].[BaH2].[BaH2]. The molecule has 0 saturated heterocycles. The van der Waals surface area contributed by atoms with E-state index in [1.807, 2.05) is 0 Å². The number of hydrogen-bond acceptors (Lipinski definition) is 0. The molecule has 5 heteroatoms. The molecule has 0 radical (unpaired) electrons. The van der Waals surface area contributed by atoms with E-state index in [0.29, 0.717) is 0 Å². The minimum atomic E-state index is 0. The first kappa shape index (κ1) is 29.3. The maximum atomic E-state index is 0. The van der Waals surface area contributed by atoms with Crippen LogP contribution in [0.3, 0.4) is 0 Å². The molecule has 0 heterocycles. The molecule has 0 bridgehead atoms. The summed E-state index contributed by atoms with van der Waals surface area (Å²) in [6.45, 7) is 0. The van der Waals surface area contributed by atoms with Crippen molar-refractivity contribution in [3.63, 3.8) is 0 Å². The zero-order chi connectivity index (χ0) is 0. The predicted octanol–water partition coefficient (Wildman–Crippen LogP) is -4.58. The van der Waals surface area contributed by atoms with Crippen LogP contribution in [-0.4, -0.2) is 244 Å². The summed E-state index contributed by atoms with van der Waals surface area (Å²) in [5.74, 6) is 0. The molecule has 20 valence electrons. The van der Waals surface area contributed by atoms with E-state index in [1.54, 1.807) is 0 Å². The Morgan fingerprint density at radius 3 is 0.200 bits per heavy atom. The molecule has 0 nitrogen and oxygen atoms in total. The van der Waals surface area contributed by atoms with Gasteiger partial charge in [-0.15, -0.1) is 0 Å². The third-order valence-corrected chi connectivity index (χ3v) is 0. The van der Waals surface area contributed by atoms with Gasteiger partial charge in [0.1, 0.15) is 0 Å². The second-order valence-corrected chi connectivity index (χ2v) is 0. The average molecular weight is 697 g/mol. The summed E-state index contributed by atoms with van der Waals surface area (Å²) < 4.78 is 0. The van der Waals surface area contributed by atoms with Crippen LogP contribution in [0.15, 0.2) is 0 Å². The van der Waals surface area contributed by atoms with Gasteiger partial charge < -0.3 is 0 Å². The molecule has 0 aromatic carbocycles. The van der Waals surface area contributed by atoms with Crippen molar-refractivity contribution in [2.75, 3.05) is 0 Å². The zero-order valence-electron chi connectivity index (χ0n) is 0. The molecule has 0 aliphatic rings. The van der Waals surface area contributed by atoms with Gasteiger partial charge in [-0.1, -0.05) is 0 Å². The molecule has 0 rings (SSSR count). The fourth-order valence-electron chi connectivity index (χ4n) is 0. The van der Waals surface area contributed by atoms with E-state index in [4.69, 9.17) is 0 Å². The van der Waals surface area contributed by atoms with Gasteiger partial charge >= 0.3 is 244 Å². The third kappa shape index (κ3) is 18.7. The average Bonchev–Trinajstić information content (AvgIpc) is 0. The van der Waals surface area contributed by atoms with E-state index < -0.39 is 0 Å². The Morgan fingerprint density at radius 2 is 0.200 bits per heavy atom. The van der Waals surface area contributed by atoms with Crippen molar-refractivity contribution in [2.45, 2.75) is 0 Å². The van der Waals surface area contributed by atoms with Crippen molar-refractivity contribution in [3.8, 4) is 0 Å². The summed E-state index contributed by atoms with van der Waals surface area (Å²) in [6.07, 6.45) is 0. The van der Waals surface area contributed by atoms with Crippen LogP contribution in [0.2, 0.25) is 0 Å². The van der Waals surface area contributed by atoms with E-state index >= 15 is 0 Å². The van der Waals surface area contributed by atoms with Crippen LogP contribution in [0, 0.1) is 0 Å². The van der Waals surface area contributed by atoms with Crippen LogP contribution in [0.1, 0.15) is 0 Å². The van der Waals surface area contributed by atoms with E-state index in [2.05, 4.69) is 0 Å². The molecule has 0 aliphatic carbocycles. The van der Waals surface area contributed by atoms with Gasteiger partial charge in [0.05, 0.1) is 0 Å². The molecule has 0 aliphatic heterocycles. The van der Waals surface area contributed by atoms with Gasteiger partial charge in [-0.05, 0) is 0 Å². The summed E-state index contributed by atoms with van der Waals surface area (Å²) in [4.78, 5) is 0. The molecule has 0 unspecified atom stereocenters. The van der Waals surface area contributed by atoms with E-state index in [9.17, 15) is 0 Å². The minimum absolute atomic E-state index is 0. The Hall–Kier alpha value is 7.86. The number of rotatable bonds is 0. The monoisotopic (exact) mass is 700 g/mol. The Kier molecular flexibility index (Phi) is 133. The van der Waals surface area contributed by atoms with Gasteiger partial charge in [-0.2, -0.15) is 0 Å². The Bertz CT molecular complexity index is 0. The third-order valence-electron chi connectivity index (χ3n) is 0. The van der Waals surface area contributed by atoms with Gasteiger partial charge in [0, 0.05) is 0 Å². The molecular weight excluding hydrogens is 687 g/mol. The van der Waals surface area contributed by atoms with Crippen LogP contribution in [0.25, 0.3) is 0 Å². The molecule has 0 saturated carbocycles. The summed E-state index contributed by atoms with van der Waals surface area (Å²) in [6, 6.07) is 0. The van der Waals surface area contributed by atoms with Crippen LogP contribution in [0.5, 0.6) is 0 Å². The molecule has 0 amide bonds. The first-order valence-corrected chi connectivity index (χ1v) is 0. The van der Waals surface area contributed by atoms with Crippen LogP contribution in [0.4, 0.5) is 0 Å². The molecule has 0 spiro atoms. The Morgan fingerprint density at radius 1 is 0.200 bits per heavy atom. The van der Waals surface area contributed by atoms with Gasteiger partial charge in [0.2, 0.25) is 0 Å². The van der Waals surface area contributed by atoms with Crippen molar-refractivity contribution in [1.82, 2.24) is 0 Å². The van der Waals surface area contributed by atoms with Gasteiger partial charge in [0.25, 0.3) is 0 Å². The normalized spacial score (nSPS) is 0. The maximum absolute atomic E-state index is 0. The Balaban J connectivity index is 0. The van der Waals surface area contributed by atoms with E-state index in [-0.39, 0.29) is 244 Å². The first-order chi connectivity index (χ1) is 0. The first-order valence-electron chi connectivity index (χ1n) is 0. The molecule has 0 fully saturated rings. The topological polar surface area (TPSA) is 0 Å². The molecule has 5 heavy (non-hydrogen) atoms. The van der Waals surface area contributed by atoms with Gasteiger partial charge in [-0.25, -0.2) is 0 Å². The molecular formula is H10Ba5. The predicted molar refractivity (Wildman–Crippen MR) is 42.7 cm³/mol. The van der Waals surface area contributed by atoms with Crippen LogP contribution < -0.4 is 0 Å². The molecule has 0 atom stereocenters. The fourth-order valence-corrected chi connectivity index (χ4v) is 0. The van der Waals surface area contributed by atoms with Gasteiger partial charge in [0.15, 0.2) is 0 Å². The van der Waals surface area contributed by atoms with E-state index in [1.165, 1.54) is 0 Å². The quantitative estimate of drug-likeness (QED) is 0.224. The van der Waals surface area contributed by atoms with Crippen molar-refractivity contribution in [1.29, 1.82) is 0 Å². The summed E-state index contributed by atoms with van der Waals surface area (Å²) in [5.41, 5.74) is 0. The molecule has 0 N–H and O–H groups in total. The van der Waals surface area contributed by atoms with Crippen molar-refractivity contribution in [2.24, 2.45) is 0 Å². The molecule has 0 aromatic rings. The van der Waals surface area contributed by atoms with E-state index in [0.717, 1.165) is 0 Å². The zero-order valence-corrected chi connectivity index (χ0v) is 0. The fraction of sp³-hybridized carbons (Fsp3) is 0. The Labute approximate surface area is 234 Å². The molecule has 0 aromatic heterocycles. The standard InChI is InChI=1S/5Ba.10H. The summed E-state index contributed by atoms with van der Waals surface area (Å²) >= 11 is 0. The summed E-state index contributed by atoms with van der Waals surface area (Å²) in [7, 11) is 0. The number of hydrogen-bond donors (Lipinski definition) is 0. The van der Waals surface area contributed by atoms with Crippen molar-refractivity contribution >= 4 is 244 Å².